The average Bonchev–Trinajstić information content (AvgIpc) is 2.52. The molecule has 140 valence electrons. The lowest BCUT2D eigenvalue weighted by Gasteiger charge is -2.39. The second kappa shape index (κ2) is 13.4. The first-order valence-electron chi connectivity index (χ1n) is 9.76. The molecule has 0 aliphatic rings. The molecule has 0 N–H and O–H groups in total. The lowest BCUT2D eigenvalue weighted by atomic mass is 10.1. The molecule has 0 radical (unpaired) electrons. The van der Waals surface area contributed by atoms with Gasteiger partial charge in [0.2, 0.25) is 0 Å². The van der Waals surface area contributed by atoms with E-state index >= 15 is 0 Å². The molecule has 2 nitrogen and oxygen atoms in total. The number of allylic oxidation sites excluding steroid dienone is 6. The number of unbranched alkanes of at least 4 members (excludes halogenated alkanes) is 4. The summed E-state index contributed by atoms with van der Waals surface area (Å²) in [6, 6.07) is 0. The smallest absolute Gasteiger partial charge is 0.0269 e. The minimum absolute atomic E-state index is 0.188. The fraction of sp³-hybridized carbons (Fsp3) is 0.727. The Kier molecular flexibility index (Phi) is 13.0. The fourth-order valence-corrected chi connectivity index (χ4v) is 2.57. The van der Waals surface area contributed by atoms with Crippen LogP contribution in [0.4, 0.5) is 0 Å². The molecular weight excluding hydrogens is 292 g/mol. The van der Waals surface area contributed by atoms with Crippen LogP contribution in [0.25, 0.3) is 0 Å². The first kappa shape index (κ1) is 23.1. The summed E-state index contributed by atoms with van der Waals surface area (Å²) in [5, 5.41) is 4.67. The average molecular weight is 335 g/mol. The van der Waals surface area contributed by atoms with Crippen molar-refractivity contribution >= 4 is 0 Å². The molecule has 0 aromatic carbocycles. The monoisotopic (exact) mass is 334 g/mol. The van der Waals surface area contributed by atoms with Crippen LogP contribution in [0, 0.1) is 0 Å². The van der Waals surface area contributed by atoms with Gasteiger partial charge in [-0.1, -0.05) is 50.1 Å². The standard InChI is InChI=1S/C22H42N2/c1-8-10-11-12-13-14-18-21(17-9-2)19-15-16-20-23(6)24(7)22(3,4)5/h9,13-14,17-18H,8,10-12,15-16,19-20H2,1-7H3/b14-13+,17-9-,21-18+. The predicted molar refractivity (Wildman–Crippen MR) is 110 cm³/mol. The van der Waals surface area contributed by atoms with Gasteiger partial charge in [0.1, 0.15) is 0 Å². The molecular formula is C22H42N2. The maximum Gasteiger partial charge on any atom is 0.0269 e. The predicted octanol–water partition coefficient (Wildman–Crippen LogP) is 6.37. The van der Waals surface area contributed by atoms with Crippen LogP contribution in [-0.4, -0.2) is 36.2 Å². The number of hydrogen-bond acceptors (Lipinski definition) is 2. The van der Waals surface area contributed by atoms with E-state index < -0.39 is 0 Å². The van der Waals surface area contributed by atoms with Gasteiger partial charge in [0.25, 0.3) is 0 Å². The van der Waals surface area contributed by atoms with Crippen molar-refractivity contribution in [3.05, 3.63) is 36.0 Å². The summed E-state index contributed by atoms with van der Waals surface area (Å²) in [5.74, 6) is 0. The van der Waals surface area contributed by atoms with E-state index in [0.717, 1.165) is 13.0 Å². The quantitative estimate of drug-likeness (QED) is 0.232. The van der Waals surface area contributed by atoms with Gasteiger partial charge in [-0.15, -0.1) is 0 Å². The van der Waals surface area contributed by atoms with Crippen LogP contribution in [0.5, 0.6) is 0 Å². The van der Waals surface area contributed by atoms with Crippen molar-refractivity contribution in [3.8, 4) is 0 Å². The third kappa shape index (κ3) is 11.6. The lowest BCUT2D eigenvalue weighted by molar-refractivity contribution is -0.0481. The third-order valence-corrected chi connectivity index (χ3v) is 4.48. The van der Waals surface area contributed by atoms with Crippen LogP contribution in [0.15, 0.2) is 36.0 Å². The van der Waals surface area contributed by atoms with E-state index in [1.165, 1.54) is 44.1 Å². The molecule has 0 aromatic heterocycles. The molecule has 0 heterocycles. The molecule has 0 unspecified atom stereocenters. The normalized spacial score (nSPS) is 14.0. The second-order valence-electron chi connectivity index (χ2n) is 7.70. The van der Waals surface area contributed by atoms with Crippen molar-refractivity contribution in [2.24, 2.45) is 0 Å². The van der Waals surface area contributed by atoms with Crippen LogP contribution in [-0.2, 0) is 0 Å². The highest BCUT2D eigenvalue weighted by Crippen LogP contribution is 2.14. The zero-order chi connectivity index (χ0) is 18.4. The van der Waals surface area contributed by atoms with Crippen molar-refractivity contribution in [3.63, 3.8) is 0 Å². The Hall–Kier alpha value is -0.860. The van der Waals surface area contributed by atoms with Crippen molar-refractivity contribution in [2.75, 3.05) is 20.6 Å². The first-order valence-corrected chi connectivity index (χ1v) is 9.76. The van der Waals surface area contributed by atoms with Gasteiger partial charge >= 0.3 is 0 Å². The molecule has 0 amide bonds. The minimum atomic E-state index is 0.188. The Morgan fingerprint density at radius 2 is 1.71 bits per heavy atom. The molecule has 24 heavy (non-hydrogen) atoms. The SMILES string of the molecule is C\C=C/C(=C\C=C\CCCCC)CCCCN(C)N(C)C(C)(C)C. The van der Waals surface area contributed by atoms with E-state index in [2.05, 4.69) is 89.1 Å². The summed E-state index contributed by atoms with van der Waals surface area (Å²) in [6.07, 6.45) is 20.0. The maximum absolute atomic E-state index is 2.34. The number of nitrogens with zero attached hydrogens (tertiary/aromatic N) is 2. The van der Waals surface area contributed by atoms with Crippen molar-refractivity contribution in [2.45, 2.75) is 85.1 Å². The summed E-state index contributed by atoms with van der Waals surface area (Å²) in [4.78, 5) is 0. The van der Waals surface area contributed by atoms with E-state index in [1.807, 2.05) is 0 Å². The highest BCUT2D eigenvalue weighted by molar-refractivity contribution is 5.23. The van der Waals surface area contributed by atoms with Gasteiger partial charge in [0, 0.05) is 26.2 Å². The molecule has 2 heteroatoms. The Bertz CT molecular complexity index is 385. The van der Waals surface area contributed by atoms with Crippen LogP contribution < -0.4 is 0 Å². The van der Waals surface area contributed by atoms with Gasteiger partial charge in [-0.25, -0.2) is 10.0 Å². The number of hydrazine groups is 1. The van der Waals surface area contributed by atoms with Gasteiger partial charge in [-0.05, 0) is 65.4 Å². The summed E-state index contributed by atoms with van der Waals surface area (Å²) < 4.78 is 0. The van der Waals surface area contributed by atoms with E-state index in [1.54, 1.807) is 0 Å². The van der Waals surface area contributed by atoms with Crippen molar-refractivity contribution < 1.29 is 0 Å². The van der Waals surface area contributed by atoms with Crippen LogP contribution >= 0.6 is 0 Å². The molecule has 0 rings (SSSR count). The van der Waals surface area contributed by atoms with Gasteiger partial charge in [-0.3, -0.25) is 0 Å². The maximum atomic E-state index is 2.34. The Labute approximate surface area is 152 Å². The molecule has 0 aliphatic heterocycles. The van der Waals surface area contributed by atoms with Crippen LogP contribution in [0.2, 0.25) is 0 Å². The van der Waals surface area contributed by atoms with Gasteiger partial charge in [0.05, 0.1) is 0 Å². The zero-order valence-electron chi connectivity index (χ0n) is 17.4. The lowest BCUT2D eigenvalue weighted by Crippen LogP contribution is -2.48. The van der Waals surface area contributed by atoms with Crippen molar-refractivity contribution in [1.29, 1.82) is 0 Å². The van der Waals surface area contributed by atoms with E-state index in [0.29, 0.717) is 0 Å². The molecule has 0 spiro atoms. The molecule has 0 saturated carbocycles. The summed E-state index contributed by atoms with van der Waals surface area (Å²) >= 11 is 0. The summed E-state index contributed by atoms with van der Waals surface area (Å²) in [5.41, 5.74) is 1.63. The first-order chi connectivity index (χ1) is 11.3. The van der Waals surface area contributed by atoms with Crippen LogP contribution in [0.1, 0.15) is 79.6 Å². The van der Waals surface area contributed by atoms with E-state index in [4.69, 9.17) is 0 Å². The van der Waals surface area contributed by atoms with Crippen molar-refractivity contribution in [1.82, 2.24) is 10.0 Å². The minimum Gasteiger partial charge on any atom is -0.245 e. The topological polar surface area (TPSA) is 6.48 Å². The van der Waals surface area contributed by atoms with Gasteiger partial charge in [0.15, 0.2) is 0 Å². The number of hydrogen-bond donors (Lipinski definition) is 0. The number of rotatable bonds is 12. The summed E-state index contributed by atoms with van der Waals surface area (Å²) in [6.45, 7) is 12.2. The van der Waals surface area contributed by atoms with E-state index in [9.17, 15) is 0 Å². The largest absolute Gasteiger partial charge is 0.245 e. The Morgan fingerprint density at radius 3 is 2.29 bits per heavy atom. The third-order valence-electron chi connectivity index (χ3n) is 4.48. The highest BCUT2D eigenvalue weighted by atomic mass is 15.6. The highest BCUT2D eigenvalue weighted by Gasteiger charge is 2.20. The molecule has 0 fully saturated rings. The van der Waals surface area contributed by atoms with Gasteiger partial charge < -0.3 is 0 Å². The molecule has 0 saturated heterocycles. The second-order valence-corrected chi connectivity index (χ2v) is 7.70. The molecule has 0 atom stereocenters. The summed E-state index contributed by atoms with van der Waals surface area (Å²) in [7, 11) is 4.36. The fourth-order valence-electron chi connectivity index (χ4n) is 2.57. The molecule has 0 aromatic rings. The molecule has 0 bridgehead atoms. The molecule has 0 aliphatic carbocycles. The van der Waals surface area contributed by atoms with Gasteiger partial charge in [-0.2, -0.15) is 0 Å². The Morgan fingerprint density at radius 1 is 1.00 bits per heavy atom. The Balaban J connectivity index is 4.17. The van der Waals surface area contributed by atoms with Crippen LogP contribution in [0.3, 0.4) is 0 Å². The zero-order valence-corrected chi connectivity index (χ0v) is 17.4. The van der Waals surface area contributed by atoms with E-state index in [-0.39, 0.29) is 5.54 Å².